The highest BCUT2D eigenvalue weighted by Crippen LogP contribution is 2.35. The van der Waals surface area contributed by atoms with E-state index in [4.69, 9.17) is 5.73 Å². The highest BCUT2D eigenvalue weighted by Gasteiger charge is 2.39. The summed E-state index contributed by atoms with van der Waals surface area (Å²) in [4.78, 5) is 17.6. The molecular weight excluding hydrogens is 264 g/mol. The predicted molar refractivity (Wildman–Crippen MR) is 76.8 cm³/mol. The molecule has 5 nitrogen and oxygen atoms in total. The van der Waals surface area contributed by atoms with Crippen LogP contribution in [0.3, 0.4) is 0 Å². The van der Waals surface area contributed by atoms with Crippen LogP contribution in [0.15, 0.2) is 18.3 Å². The third-order valence-electron chi connectivity index (χ3n) is 4.18. The van der Waals surface area contributed by atoms with Crippen molar-refractivity contribution in [3.8, 4) is 0 Å². The first-order chi connectivity index (χ1) is 8.69. The molecule has 0 unspecified atom stereocenters. The van der Waals surface area contributed by atoms with Crippen LogP contribution in [0.2, 0.25) is 0 Å². The Morgan fingerprint density at radius 2 is 2.00 bits per heavy atom. The number of nitrogens with zero attached hydrogens (tertiary/aromatic N) is 2. The molecule has 1 aromatic rings. The Balaban J connectivity index is 0.00000133. The average molecular weight is 283 g/mol. The SMILES string of the molecule is Cl.NC(=O)c1ccc(N2CCC3(CC2)CNC3)nc1. The summed E-state index contributed by atoms with van der Waals surface area (Å²) in [5.74, 6) is 0.523. The molecule has 3 N–H and O–H groups in total. The fourth-order valence-electron chi connectivity index (χ4n) is 2.76. The van der Waals surface area contributed by atoms with Gasteiger partial charge in [-0.3, -0.25) is 4.79 Å². The number of amides is 1. The molecule has 0 aromatic carbocycles. The minimum atomic E-state index is -0.424. The zero-order valence-corrected chi connectivity index (χ0v) is 11.6. The lowest BCUT2D eigenvalue weighted by Gasteiger charge is -2.48. The Hall–Kier alpha value is -1.33. The van der Waals surface area contributed by atoms with E-state index in [-0.39, 0.29) is 12.4 Å². The minimum absolute atomic E-state index is 0. The van der Waals surface area contributed by atoms with Crippen molar-refractivity contribution in [2.24, 2.45) is 11.1 Å². The van der Waals surface area contributed by atoms with Gasteiger partial charge in [0.25, 0.3) is 0 Å². The number of hydrogen-bond donors (Lipinski definition) is 2. The number of rotatable bonds is 2. The third-order valence-corrected chi connectivity index (χ3v) is 4.18. The molecule has 0 bridgehead atoms. The van der Waals surface area contributed by atoms with Crippen LogP contribution >= 0.6 is 12.4 Å². The number of piperidine rings is 1. The Morgan fingerprint density at radius 3 is 2.42 bits per heavy atom. The van der Waals surface area contributed by atoms with E-state index >= 15 is 0 Å². The molecule has 0 radical (unpaired) electrons. The van der Waals surface area contributed by atoms with Gasteiger partial charge in [-0.05, 0) is 30.4 Å². The van der Waals surface area contributed by atoms with Crippen molar-refractivity contribution in [1.29, 1.82) is 0 Å². The van der Waals surface area contributed by atoms with Gasteiger partial charge in [-0.25, -0.2) is 4.98 Å². The fraction of sp³-hybridized carbons (Fsp3) is 0.538. The number of aromatic nitrogens is 1. The van der Waals surface area contributed by atoms with Crippen LogP contribution in [0.5, 0.6) is 0 Å². The Morgan fingerprint density at radius 1 is 1.32 bits per heavy atom. The second-order valence-corrected chi connectivity index (χ2v) is 5.36. The lowest BCUT2D eigenvalue weighted by Crippen LogP contribution is -2.58. The largest absolute Gasteiger partial charge is 0.366 e. The highest BCUT2D eigenvalue weighted by atomic mass is 35.5. The molecule has 3 rings (SSSR count). The van der Waals surface area contributed by atoms with Crippen molar-refractivity contribution in [2.45, 2.75) is 12.8 Å². The minimum Gasteiger partial charge on any atom is -0.366 e. The summed E-state index contributed by atoms with van der Waals surface area (Å²) in [7, 11) is 0. The summed E-state index contributed by atoms with van der Waals surface area (Å²) in [5.41, 5.74) is 6.22. The van der Waals surface area contributed by atoms with Crippen molar-refractivity contribution in [1.82, 2.24) is 10.3 Å². The van der Waals surface area contributed by atoms with E-state index < -0.39 is 5.91 Å². The summed E-state index contributed by atoms with van der Waals surface area (Å²) < 4.78 is 0. The fourth-order valence-corrected chi connectivity index (χ4v) is 2.76. The standard InChI is InChI=1S/C13H18N4O.ClH/c14-12(18)10-1-2-11(16-7-10)17-5-3-13(4-6-17)8-15-9-13;/h1-2,7,15H,3-6,8-9H2,(H2,14,18);1H. The molecule has 0 atom stereocenters. The van der Waals surface area contributed by atoms with Gasteiger partial charge in [-0.2, -0.15) is 0 Å². The van der Waals surface area contributed by atoms with Crippen LogP contribution in [0.25, 0.3) is 0 Å². The number of carbonyl (C=O) groups is 1. The molecule has 6 heteroatoms. The van der Waals surface area contributed by atoms with Crippen molar-refractivity contribution in [3.05, 3.63) is 23.9 Å². The number of hydrogen-bond acceptors (Lipinski definition) is 4. The number of nitrogens with one attached hydrogen (secondary N) is 1. The van der Waals surface area contributed by atoms with E-state index in [1.54, 1.807) is 12.3 Å². The molecule has 104 valence electrons. The van der Waals surface area contributed by atoms with Crippen LogP contribution in [-0.2, 0) is 0 Å². The molecule has 0 aliphatic carbocycles. The summed E-state index contributed by atoms with van der Waals surface area (Å²) in [6.45, 7) is 4.42. The number of anilines is 1. The van der Waals surface area contributed by atoms with Gasteiger partial charge >= 0.3 is 0 Å². The maximum Gasteiger partial charge on any atom is 0.250 e. The smallest absolute Gasteiger partial charge is 0.250 e. The van der Waals surface area contributed by atoms with E-state index in [1.807, 2.05) is 6.07 Å². The van der Waals surface area contributed by atoms with Gasteiger partial charge in [-0.1, -0.05) is 0 Å². The molecule has 2 saturated heterocycles. The monoisotopic (exact) mass is 282 g/mol. The number of primary amides is 1. The summed E-state index contributed by atoms with van der Waals surface area (Å²) in [5, 5.41) is 3.36. The van der Waals surface area contributed by atoms with Gasteiger partial charge in [0.1, 0.15) is 5.82 Å². The van der Waals surface area contributed by atoms with Crippen LogP contribution in [-0.4, -0.2) is 37.1 Å². The number of nitrogens with two attached hydrogens (primary N) is 1. The first-order valence-corrected chi connectivity index (χ1v) is 6.40. The Labute approximate surface area is 119 Å². The van der Waals surface area contributed by atoms with Crippen LogP contribution < -0.4 is 16.0 Å². The molecule has 2 aliphatic heterocycles. The number of carbonyl (C=O) groups excluding carboxylic acids is 1. The van der Waals surface area contributed by atoms with Crippen molar-refractivity contribution >= 4 is 24.1 Å². The van der Waals surface area contributed by atoms with Crippen LogP contribution in [0.4, 0.5) is 5.82 Å². The van der Waals surface area contributed by atoms with E-state index in [0.29, 0.717) is 11.0 Å². The lowest BCUT2D eigenvalue weighted by atomic mass is 9.73. The van der Waals surface area contributed by atoms with E-state index in [2.05, 4.69) is 15.2 Å². The first-order valence-electron chi connectivity index (χ1n) is 6.40. The van der Waals surface area contributed by atoms with Gasteiger partial charge in [-0.15, -0.1) is 12.4 Å². The van der Waals surface area contributed by atoms with Crippen molar-refractivity contribution in [2.75, 3.05) is 31.1 Å². The zero-order chi connectivity index (χ0) is 12.6. The Bertz CT molecular complexity index is 448. The summed E-state index contributed by atoms with van der Waals surface area (Å²) in [6, 6.07) is 3.64. The normalized spacial score (nSPS) is 20.5. The topological polar surface area (TPSA) is 71.2 Å². The maximum atomic E-state index is 11.0. The zero-order valence-electron chi connectivity index (χ0n) is 10.8. The molecule has 1 aromatic heterocycles. The molecule has 1 spiro atoms. The third kappa shape index (κ3) is 2.67. The second kappa shape index (κ2) is 5.35. The van der Waals surface area contributed by atoms with Gasteiger partial charge in [0, 0.05) is 32.4 Å². The van der Waals surface area contributed by atoms with Gasteiger partial charge in [0.15, 0.2) is 0 Å². The van der Waals surface area contributed by atoms with Crippen LogP contribution in [0, 0.1) is 5.41 Å². The van der Waals surface area contributed by atoms with E-state index in [9.17, 15) is 4.79 Å². The molecule has 0 saturated carbocycles. The molecule has 19 heavy (non-hydrogen) atoms. The summed E-state index contributed by atoms with van der Waals surface area (Å²) >= 11 is 0. The van der Waals surface area contributed by atoms with Gasteiger partial charge in [0.05, 0.1) is 5.56 Å². The molecule has 1 amide bonds. The highest BCUT2D eigenvalue weighted by molar-refractivity contribution is 5.92. The maximum absolute atomic E-state index is 11.0. The van der Waals surface area contributed by atoms with Gasteiger partial charge in [0.2, 0.25) is 5.91 Å². The molecule has 3 heterocycles. The quantitative estimate of drug-likeness (QED) is 0.841. The Kier molecular flexibility index (Phi) is 3.96. The number of halogens is 1. The summed E-state index contributed by atoms with van der Waals surface area (Å²) in [6.07, 6.45) is 4.01. The predicted octanol–water partition coefficient (Wildman–Crippen LogP) is 0.792. The van der Waals surface area contributed by atoms with E-state index in [1.165, 1.54) is 12.8 Å². The first kappa shape index (κ1) is 14.1. The van der Waals surface area contributed by atoms with Crippen LogP contribution in [0.1, 0.15) is 23.2 Å². The van der Waals surface area contributed by atoms with Crippen molar-refractivity contribution in [3.63, 3.8) is 0 Å². The number of pyridine rings is 1. The van der Waals surface area contributed by atoms with E-state index in [0.717, 1.165) is 32.0 Å². The average Bonchev–Trinajstić information content (AvgIpc) is 2.37. The lowest BCUT2D eigenvalue weighted by molar-refractivity contribution is 0.1000. The van der Waals surface area contributed by atoms with Gasteiger partial charge < -0.3 is 16.0 Å². The molecule has 2 fully saturated rings. The second-order valence-electron chi connectivity index (χ2n) is 5.36. The van der Waals surface area contributed by atoms with Crippen molar-refractivity contribution < 1.29 is 4.79 Å². The molecule has 2 aliphatic rings. The molecular formula is C13H19ClN4O.